The Morgan fingerprint density at radius 1 is 1.30 bits per heavy atom. The Kier molecular flexibility index (Phi) is 6.90. The van der Waals surface area contributed by atoms with Crippen LogP contribution in [-0.4, -0.2) is 51.3 Å². The lowest BCUT2D eigenvalue weighted by molar-refractivity contribution is 0.0626. The summed E-state index contributed by atoms with van der Waals surface area (Å²) in [5.74, 6) is -0.813. The number of methoxy groups -OCH3 is 2. The Labute approximate surface area is 126 Å². The molecule has 5 nitrogen and oxygen atoms in total. The first-order valence-electron chi connectivity index (χ1n) is 6.03. The number of benzene rings is 1. The predicted octanol–water partition coefficient (Wildman–Crippen LogP) is 1.91. The second-order valence-corrected chi connectivity index (χ2v) is 4.99. The highest BCUT2D eigenvalue weighted by atomic mass is 79.9. The molecule has 0 saturated carbocycles. The summed E-state index contributed by atoms with van der Waals surface area (Å²) in [7, 11) is 3.12. The number of carbonyl (C=O) groups is 1. The van der Waals surface area contributed by atoms with Crippen molar-refractivity contribution in [1.82, 2.24) is 4.90 Å². The molecule has 0 aliphatic heterocycles. The molecule has 0 aromatic heterocycles. The SMILES string of the molecule is COCCN(CCOC)C(=O)c1cc(N)c(F)cc1Br. The first-order valence-corrected chi connectivity index (χ1v) is 6.82. The van der Waals surface area contributed by atoms with Gasteiger partial charge in [0.1, 0.15) is 5.82 Å². The fourth-order valence-corrected chi connectivity index (χ4v) is 2.10. The van der Waals surface area contributed by atoms with E-state index in [9.17, 15) is 9.18 Å². The van der Waals surface area contributed by atoms with Gasteiger partial charge in [-0.05, 0) is 28.1 Å². The van der Waals surface area contributed by atoms with Crippen LogP contribution in [0, 0.1) is 5.82 Å². The van der Waals surface area contributed by atoms with Gasteiger partial charge in [-0.2, -0.15) is 0 Å². The second kappa shape index (κ2) is 8.18. The summed E-state index contributed by atoms with van der Waals surface area (Å²) >= 11 is 3.18. The summed E-state index contributed by atoms with van der Waals surface area (Å²) in [5, 5.41) is 0. The van der Waals surface area contributed by atoms with Crippen molar-refractivity contribution in [1.29, 1.82) is 0 Å². The van der Waals surface area contributed by atoms with Gasteiger partial charge < -0.3 is 20.1 Å². The Hall–Kier alpha value is -1.18. The molecule has 0 spiro atoms. The van der Waals surface area contributed by atoms with Crippen LogP contribution in [0.4, 0.5) is 10.1 Å². The molecule has 0 aliphatic carbocycles. The smallest absolute Gasteiger partial charge is 0.255 e. The highest BCUT2D eigenvalue weighted by molar-refractivity contribution is 9.10. The first kappa shape index (κ1) is 16.9. The van der Waals surface area contributed by atoms with E-state index in [2.05, 4.69) is 15.9 Å². The van der Waals surface area contributed by atoms with E-state index in [1.165, 1.54) is 12.1 Å². The molecule has 0 fully saturated rings. The molecule has 0 radical (unpaired) electrons. The predicted molar refractivity (Wildman–Crippen MR) is 78.2 cm³/mol. The van der Waals surface area contributed by atoms with Gasteiger partial charge in [0.25, 0.3) is 5.91 Å². The lowest BCUT2D eigenvalue weighted by Crippen LogP contribution is -2.36. The molecule has 0 heterocycles. The average Bonchev–Trinajstić information content (AvgIpc) is 2.42. The maximum Gasteiger partial charge on any atom is 0.255 e. The normalized spacial score (nSPS) is 10.6. The molecule has 0 aliphatic rings. The minimum absolute atomic E-state index is 0.0602. The molecule has 1 rings (SSSR count). The summed E-state index contributed by atoms with van der Waals surface area (Å²) in [6, 6.07) is 2.52. The number of amides is 1. The third kappa shape index (κ3) is 4.43. The van der Waals surface area contributed by atoms with E-state index in [1.54, 1.807) is 19.1 Å². The van der Waals surface area contributed by atoms with Crippen LogP contribution in [0.25, 0.3) is 0 Å². The molecule has 20 heavy (non-hydrogen) atoms. The van der Waals surface area contributed by atoms with Gasteiger partial charge in [-0.15, -0.1) is 0 Å². The molecular formula is C13H18BrFN2O3. The van der Waals surface area contributed by atoms with E-state index in [0.717, 1.165) is 0 Å². The standard InChI is InChI=1S/C13H18BrFN2O3/c1-19-5-3-17(4-6-20-2)13(18)9-7-12(16)11(15)8-10(9)14/h7-8H,3-6,16H2,1-2H3. The lowest BCUT2D eigenvalue weighted by Gasteiger charge is -2.22. The van der Waals surface area contributed by atoms with E-state index in [-0.39, 0.29) is 11.6 Å². The van der Waals surface area contributed by atoms with E-state index in [1.807, 2.05) is 0 Å². The zero-order valence-corrected chi connectivity index (χ0v) is 13.1. The fourth-order valence-electron chi connectivity index (χ4n) is 1.62. The number of rotatable bonds is 7. The van der Waals surface area contributed by atoms with Crippen molar-refractivity contribution in [2.24, 2.45) is 0 Å². The van der Waals surface area contributed by atoms with Crippen LogP contribution in [0.1, 0.15) is 10.4 Å². The first-order chi connectivity index (χ1) is 9.51. The largest absolute Gasteiger partial charge is 0.396 e. The van der Waals surface area contributed by atoms with Gasteiger partial charge in [0.15, 0.2) is 0 Å². The lowest BCUT2D eigenvalue weighted by atomic mass is 10.1. The van der Waals surface area contributed by atoms with Gasteiger partial charge in [-0.3, -0.25) is 4.79 Å². The number of anilines is 1. The Morgan fingerprint density at radius 2 is 1.85 bits per heavy atom. The minimum atomic E-state index is -0.561. The Morgan fingerprint density at radius 3 is 2.35 bits per heavy atom. The molecule has 0 bridgehead atoms. The van der Waals surface area contributed by atoms with Crippen LogP contribution in [0.5, 0.6) is 0 Å². The molecule has 0 saturated heterocycles. The van der Waals surface area contributed by atoms with Crippen molar-refractivity contribution in [3.63, 3.8) is 0 Å². The van der Waals surface area contributed by atoms with Crippen LogP contribution >= 0.6 is 15.9 Å². The quantitative estimate of drug-likeness (QED) is 0.764. The van der Waals surface area contributed by atoms with Gasteiger partial charge >= 0.3 is 0 Å². The zero-order chi connectivity index (χ0) is 15.1. The van der Waals surface area contributed by atoms with Crippen molar-refractivity contribution in [3.05, 3.63) is 28.0 Å². The van der Waals surface area contributed by atoms with Crippen LogP contribution in [0.2, 0.25) is 0 Å². The van der Waals surface area contributed by atoms with Crippen molar-refractivity contribution in [3.8, 4) is 0 Å². The van der Waals surface area contributed by atoms with Crippen LogP contribution in [-0.2, 0) is 9.47 Å². The summed E-state index contributed by atoms with van der Waals surface area (Å²) in [5.41, 5.74) is 5.77. The number of nitrogen functional groups attached to an aromatic ring is 1. The molecule has 1 aromatic carbocycles. The van der Waals surface area contributed by atoms with Gasteiger partial charge in [-0.1, -0.05) is 0 Å². The molecule has 0 unspecified atom stereocenters. The summed E-state index contributed by atoms with van der Waals surface area (Å²) in [4.78, 5) is 14.0. The number of ether oxygens (including phenoxy) is 2. The van der Waals surface area contributed by atoms with Gasteiger partial charge in [0.05, 0.1) is 24.5 Å². The van der Waals surface area contributed by atoms with Gasteiger partial charge in [-0.25, -0.2) is 4.39 Å². The highest BCUT2D eigenvalue weighted by Crippen LogP contribution is 2.24. The van der Waals surface area contributed by atoms with E-state index >= 15 is 0 Å². The van der Waals surface area contributed by atoms with Crippen LogP contribution < -0.4 is 5.73 Å². The van der Waals surface area contributed by atoms with E-state index in [0.29, 0.717) is 36.3 Å². The molecule has 1 aromatic rings. The van der Waals surface area contributed by atoms with E-state index in [4.69, 9.17) is 15.2 Å². The second-order valence-electron chi connectivity index (χ2n) is 4.13. The molecule has 7 heteroatoms. The maximum atomic E-state index is 13.3. The monoisotopic (exact) mass is 348 g/mol. The van der Waals surface area contributed by atoms with Crippen molar-refractivity contribution in [2.75, 3.05) is 46.3 Å². The average molecular weight is 349 g/mol. The zero-order valence-electron chi connectivity index (χ0n) is 11.5. The van der Waals surface area contributed by atoms with Crippen molar-refractivity contribution in [2.45, 2.75) is 0 Å². The summed E-state index contributed by atoms with van der Waals surface area (Å²) in [6.07, 6.45) is 0. The molecule has 2 N–H and O–H groups in total. The van der Waals surface area contributed by atoms with Crippen molar-refractivity contribution >= 4 is 27.5 Å². The maximum absolute atomic E-state index is 13.3. The summed E-state index contributed by atoms with van der Waals surface area (Å²) < 4.78 is 23.6. The third-order valence-corrected chi connectivity index (χ3v) is 3.39. The Bertz CT molecular complexity index is 463. The molecular weight excluding hydrogens is 331 g/mol. The van der Waals surface area contributed by atoms with Gasteiger partial charge in [0, 0.05) is 31.8 Å². The number of nitrogens with zero attached hydrogens (tertiary/aromatic N) is 1. The number of halogens is 2. The number of hydrogen-bond acceptors (Lipinski definition) is 4. The number of carbonyl (C=O) groups excluding carboxylic acids is 1. The molecule has 112 valence electrons. The number of hydrogen-bond donors (Lipinski definition) is 1. The summed E-state index contributed by atoms with van der Waals surface area (Å²) in [6.45, 7) is 1.65. The third-order valence-electron chi connectivity index (χ3n) is 2.73. The number of nitrogens with two attached hydrogens (primary N) is 1. The minimum Gasteiger partial charge on any atom is -0.396 e. The fraction of sp³-hybridized carbons (Fsp3) is 0.462. The molecule has 0 atom stereocenters. The Balaban J connectivity index is 2.95. The van der Waals surface area contributed by atoms with Crippen LogP contribution in [0.15, 0.2) is 16.6 Å². The molecule has 1 amide bonds. The highest BCUT2D eigenvalue weighted by Gasteiger charge is 2.19. The van der Waals surface area contributed by atoms with E-state index < -0.39 is 5.82 Å². The topological polar surface area (TPSA) is 64.8 Å². The van der Waals surface area contributed by atoms with Gasteiger partial charge in [0.2, 0.25) is 0 Å². The van der Waals surface area contributed by atoms with Crippen LogP contribution in [0.3, 0.4) is 0 Å². The van der Waals surface area contributed by atoms with Crippen molar-refractivity contribution < 1.29 is 18.7 Å².